The first kappa shape index (κ1) is 20.8. The van der Waals surface area contributed by atoms with Crippen LogP contribution in [0.5, 0.6) is 11.5 Å². The van der Waals surface area contributed by atoms with Crippen molar-refractivity contribution >= 4 is 11.6 Å². The summed E-state index contributed by atoms with van der Waals surface area (Å²) in [5.74, 6) is 2.50. The van der Waals surface area contributed by atoms with Crippen LogP contribution in [0.15, 0.2) is 59.6 Å². The summed E-state index contributed by atoms with van der Waals surface area (Å²) in [6, 6.07) is 18.8. The molecule has 0 unspecified atom stereocenters. The van der Waals surface area contributed by atoms with E-state index in [1.165, 1.54) is 5.69 Å². The van der Waals surface area contributed by atoms with Crippen molar-refractivity contribution in [2.24, 2.45) is 4.99 Å². The molecule has 0 saturated carbocycles. The Balaban J connectivity index is 1.32. The number of rotatable bonds is 8. The minimum absolute atomic E-state index is 0.453. The quantitative estimate of drug-likeness (QED) is 0.407. The maximum Gasteiger partial charge on any atom is 0.191 e. The van der Waals surface area contributed by atoms with Crippen LogP contribution in [0, 0.1) is 0 Å². The lowest BCUT2D eigenvalue weighted by atomic mass is 10.0. The fourth-order valence-corrected chi connectivity index (χ4v) is 3.47. The molecule has 2 N–H and O–H groups in total. The number of aliphatic imine (C=N–C) groups is 1. The molecule has 0 aromatic heterocycles. The van der Waals surface area contributed by atoms with Crippen molar-refractivity contribution in [1.29, 1.82) is 0 Å². The van der Waals surface area contributed by atoms with E-state index >= 15 is 0 Å². The smallest absolute Gasteiger partial charge is 0.191 e. The second-order valence-electron chi connectivity index (χ2n) is 7.12. The van der Waals surface area contributed by atoms with Gasteiger partial charge in [-0.05, 0) is 43.5 Å². The number of hydrogen-bond acceptors (Lipinski definition) is 4. The molecular weight excluding hydrogens is 364 g/mol. The van der Waals surface area contributed by atoms with Gasteiger partial charge in [-0.15, -0.1) is 0 Å². The highest BCUT2D eigenvalue weighted by atomic mass is 16.5. The predicted octanol–water partition coefficient (Wildman–Crippen LogP) is 3.30. The van der Waals surface area contributed by atoms with Crippen LogP contribution in [0.4, 0.5) is 5.69 Å². The fourth-order valence-electron chi connectivity index (χ4n) is 3.47. The summed E-state index contributed by atoms with van der Waals surface area (Å²) >= 11 is 0. The third kappa shape index (κ3) is 6.59. The third-order valence-corrected chi connectivity index (χ3v) is 5.10. The Bertz CT molecular complexity index is 758. The second-order valence-corrected chi connectivity index (χ2v) is 7.12. The summed E-state index contributed by atoms with van der Waals surface area (Å²) in [5, 5.41) is 6.95. The summed E-state index contributed by atoms with van der Waals surface area (Å²) in [5.41, 5.74) is 1.31. The fraction of sp³-hybridized carbons (Fsp3) is 0.435. The predicted molar refractivity (Wildman–Crippen MR) is 119 cm³/mol. The monoisotopic (exact) mass is 396 g/mol. The number of ether oxygens (including phenoxy) is 2. The van der Waals surface area contributed by atoms with Gasteiger partial charge in [0.2, 0.25) is 0 Å². The van der Waals surface area contributed by atoms with Gasteiger partial charge < -0.3 is 25.0 Å². The van der Waals surface area contributed by atoms with Gasteiger partial charge in [0, 0.05) is 44.5 Å². The van der Waals surface area contributed by atoms with Crippen molar-refractivity contribution in [2.45, 2.75) is 25.3 Å². The van der Waals surface area contributed by atoms with Gasteiger partial charge in [-0.2, -0.15) is 0 Å². The standard InChI is InChI=1S/C23H32N4O2/c1-24-23(25-14-7-17-29-22-11-6-10-21(18-22)28-2)26-19-12-15-27(16-13-19)20-8-4-3-5-9-20/h3-6,8-11,18-19H,7,12-17H2,1-2H3,(H2,24,25,26). The summed E-state index contributed by atoms with van der Waals surface area (Å²) < 4.78 is 11.0. The van der Waals surface area contributed by atoms with Crippen molar-refractivity contribution in [1.82, 2.24) is 10.6 Å². The molecule has 2 aromatic carbocycles. The number of nitrogens with zero attached hydrogens (tertiary/aromatic N) is 2. The molecule has 0 bridgehead atoms. The largest absolute Gasteiger partial charge is 0.497 e. The van der Waals surface area contributed by atoms with Gasteiger partial charge in [0.25, 0.3) is 0 Å². The minimum Gasteiger partial charge on any atom is -0.497 e. The number of piperidine rings is 1. The van der Waals surface area contributed by atoms with Crippen LogP contribution < -0.4 is 25.0 Å². The zero-order chi connectivity index (χ0) is 20.3. The lowest BCUT2D eigenvalue weighted by Crippen LogP contribution is -2.49. The molecule has 6 heteroatoms. The number of para-hydroxylation sites is 1. The molecule has 0 radical (unpaired) electrons. The van der Waals surface area contributed by atoms with E-state index in [-0.39, 0.29) is 0 Å². The highest BCUT2D eigenvalue weighted by molar-refractivity contribution is 5.79. The van der Waals surface area contributed by atoms with Gasteiger partial charge in [-0.3, -0.25) is 4.99 Å². The number of benzene rings is 2. The maximum absolute atomic E-state index is 5.78. The van der Waals surface area contributed by atoms with E-state index in [4.69, 9.17) is 9.47 Å². The highest BCUT2D eigenvalue weighted by Crippen LogP contribution is 2.20. The van der Waals surface area contributed by atoms with E-state index < -0.39 is 0 Å². The molecule has 1 saturated heterocycles. The Kier molecular flexibility index (Phi) is 8.04. The van der Waals surface area contributed by atoms with Gasteiger partial charge in [-0.1, -0.05) is 24.3 Å². The summed E-state index contributed by atoms with van der Waals surface area (Å²) in [6.45, 7) is 3.58. The molecule has 29 heavy (non-hydrogen) atoms. The van der Waals surface area contributed by atoms with Crippen molar-refractivity contribution in [3.05, 3.63) is 54.6 Å². The average Bonchev–Trinajstić information content (AvgIpc) is 2.79. The van der Waals surface area contributed by atoms with Crippen LogP contribution in [0.25, 0.3) is 0 Å². The Labute approximate surface area is 173 Å². The van der Waals surface area contributed by atoms with Crippen LogP contribution in [0.1, 0.15) is 19.3 Å². The Hall–Kier alpha value is -2.89. The van der Waals surface area contributed by atoms with Crippen molar-refractivity contribution in [3.63, 3.8) is 0 Å². The lowest BCUT2D eigenvalue weighted by molar-refractivity contribution is 0.308. The normalized spacial score (nSPS) is 15.1. The molecule has 6 nitrogen and oxygen atoms in total. The molecule has 0 amide bonds. The molecule has 0 spiro atoms. The Morgan fingerprint density at radius 2 is 1.83 bits per heavy atom. The van der Waals surface area contributed by atoms with E-state index in [0.29, 0.717) is 12.6 Å². The van der Waals surface area contributed by atoms with Gasteiger partial charge >= 0.3 is 0 Å². The highest BCUT2D eigenvalue weighted by Gasteiger charge is 2.20. The van der Waals surface area contributed by atoms with E-state index in [1.807, 2.05) is 31.3 Å². The Morgan fingerprint density at radius 3 is 2.55 bits per heavy atom. The van der Waals surface area contributed by atoms with Crippen molar-refractivity contribution in [2.75, 3.05) is 45.3 Å². The van der Waals surface area contributed by atoms with E-state index in [1.54, 1.807) is 7.11 Å². The van der Waals surface area contributed by atoms with Crippen LogP contribution in [-0.2, 0) is 0 Å². The van der Waals surface area contributed by atoms with Crippen LogP contribution in [0.2, 0.25) is 0 Å². The number of hydrogen-bond donors (Lipinski definition) is 2. The maximum atomic E-state index is 5.78. The molecule has 1 aliphatic rings. The molecule has 1 heterocycles. The van der Waals surface area contributed by atoms with Crippen molar-refractivity contribution in [3.8, 4) is 11.5 Å². The SMILES string of the molecule is CN=C(NCCCOc1cccc(OC)c1)NC1CCN(c2ccccc2)CC1. The van der Waals surface area contributed by atoms with E-state index in [2.05, 4.69) is 50.9 Å². The zero-order valence-electron chi connectivity index (χ0n) is 17.4. The third-order valence-electron chi connectivity index (χ3n) is 5.10. The summed E-state index contributed by atoms with van der Waals surface area (Å²) in [6.07, 6.45) is 3.10. The van der Waals surface area contributed by atoms with Gasteiger partial charge in [0.15, 0.2) is 5.96 Å². The summed E-state index contributed by atoms with van der Waals surface area (Å²) in [7, 11) is 3.48. The van der Waals surface area contributed by atoms with Gasteiger partial charge in [-0.25, -0.2) is 0 Å². The number of guanidine groups is 1. The molecule has 2 aromatic rings. The van der Waals surface area contributed by atoms with Gasteiger partial charge in [0.1, 0.15) is 11.5 Å². The van der Waals surface area contributed by atoms with Crippen molar-refractivity contribution < 1.29 is 9.47 Å². The molecule has 0 atom stereocenters. The Morgan fingerprint density at radius 1 is 1.07 bits per heavy atom. The lowest BCUT2D eigenvalue weighted by Gasteiger charge is -2.34. The minimum atomic E-state index is 0.453. The van der Waals surface area contributed by atoms with Crippen LogP contribution in [-0.4, -0.2) is 52.4 Å². The number of methoxy groups -OCH3 is 1. The molecule has 0 aliphatic carbocycles. The molecular formula is C23H32N4O2. The first-order chi connectivity index (χ1) is 14.3. The van der Waals surface area contributed by atoms with E-state index in [0.717, 1.165) is 56.4 Å². The van der Waals surface area contributed by atoms with Gasteiger partial charge in [0.05, 0.1) is 13.7 Å². The first-order valence-corrected chi connectivity index (χ1v) is 10.3. The van der Waals surface area contributed by atoms with Crippen LogP contribution >= 0.6 is 0 Å². The first-order valence-electron chi connectivity index (χ1n) is 10.3. The number of nitrogens with one attached hydrogen (secondary N) is 2. The zero-order valence-corrected chi connectivity index (χ0v) is 17.4. The van der Waals surface area contributed by atoms with Crippen LogP contribution in [0.3, 0.4) is 0 Å². The molecule has 156 valence electrons. The molecule has 1 aliphatic heterocycles. The average molecular weight is 397 g/mol. The molecule has 1 fully saturated rings. The molecule has 3 rings (SSSR count). The number of anilines is 1. The van der Waals surface area contributed by atoms with E-state index in [9.17, 15) is 0 Å². The second kappa shape index (κ2) is 11.2. The summed E-state index contributed by atoms with van der Waals surface area (Å²) in [4.78, 5) is 6.81. The topological polar surface area (TPSA) is 58.1 Å².